The van der Waals surface area contributed by atoms with E-state index in [4.69, 9.17) is 9.84 Å². The van der Waals surface area contributed by atoms with Gasteiger partial charge in [-0.3, -0.25) is 4.79 Å². The highest BCUT2D eigenvalue weighted by Gasteiger charge is 2.30. The second kappa shape index (κ2) is 7.42. The van der Waals surface area contributed by atoms with Crippen LogP contribution in [0.3, 0.4) is 0 Å². The summed E-state index contributed by atoms with van der Waals surface area (Å²) in [6.45, 7) is 3.16. The monoisotopic (exact) mass is 345 g/mol. The van der Waals surface area contributed by atoms with E-state index < -0.39 is 33.9 Å². The van der Waals surface area contributed by atoms with E-state index in [1.807, 2.05) is 0 Å². The van der Waals surface area contributed by atoms with Crippen LogP contribution < -0.4 is 9.46 Å². The zero-order chi connectivity index (χ0) is 17.8. The summed E-state index contributed by atoms with van der Waals surface area (Å²) in [4.78, 5) is 22.4. The third-order valence-corrected chi connectivity index (χ3v) is 4.57. The first-order valence-electron chi connectivity index (χ1n) is 6.65. The molecule has 0 aliphatic rings. The Morgan fingerprint density at radius 1 is 1.22 bits per heavy atom. The molecule has 0 aromatic heterocycles. The molecule has 23 heavy (non-hydrogen) atoms. The summed E-state index contributed by atoms with van der Waals surface area (Å²) in [5.74, 6) is -2.48. The summed E-state index contributed by atoms with van der Waals surface area (Å²) in [5.41, 5.74) is 0.113. The largest absolute Gasteiger partial charge is 0.495 e. The molecule has 0 fully saturated rings. The van der Waals surface area contributed by atoms with Gasteiger partial charge in [-0.2, -0.15) is 4.72 Å². The van der Waals surface area contributed by atoms with Crippen LogP contribution in [-0.2, 0) is 19.6 Å². The Morgan fingerprint density at radius 2 is 1.83 bits per heavy atom. The van der Waals surface area contributed by atoms with Crippen molar-refractivity contribution in [3.05, 3.63) is 23.8 Å². The number of hydrogen-bond donors (Lipinski definition) is 2. The highest BCUT2D eigenvalue weighted by Crippen LogP contribution is 2.26. The minimum absolute atomic E-state index is 0.0895. The van der Waals surface area contributed by atoms with E-state index in [1.165, 1.54) is 26.4 Å². The van der Waals surface area contributed by atoms with Gasteiger partial charge in [-0.15, -0.1) is 0 Å². The molecule has 0 aliphatic heterocycles. The maximum Gasteiger partial charge on any atom is 0.337 e. The topological polar surface area (TPSA) is 119 Å². The fraction of sp³-hybridized carbons (Fsp3) is 0.429. The molecule has 0 aliphatic carbocycles. The van der Waals surface area contributed by atoms with Crippen molar-refractivity contribution >= 4 is 22.0 Å². The number of carbonyl (C=O) groups excluding carboxylic acids is 1. The van der Waals surface area contributed by atoms with E-state index in [0.29, 0.717) is 0 Å². The number of aliphatic carboxylic acids is 1. The van der Waals surface area contributed by atoms with Crippen LogP contribution >= 0.6 is 0 Å². The quantitative estimate of drug-likeness (QED) is 0.704. The third-order valence-electron chi connectivity index (χ3n) is 3.09. The molecule has 0 radical (unpaired) electrons. The number of sulfonamides is 1. The van der Waals surface area contributed by atoms with Crippen LogP contribution in [0.2, 0.25) is 0 Å². The van der Waals surface area contributed by atoms with Crippen LogP contribution in [0.15, 0.2) is 23.1 Å². The van der Waals surface area contributed by atoms with Gasteiger partial charge in [0.05, 0.1) is 19.8 Å². The van der Waals surface area contributed by atoms with Crippen molar-refractivity contribution in [1.82, 2.24) is 4.72 Å². The molecule has 1 unspecified atom stereocenters. The number of carboxylic acids is 1. The number of methoxy groups -OCH3 is 2. The van der Waals surface area contributed by atoms with Gasteiger partial charge in [0.25, 0.3) is 0 Å². The zero-order valence-electron chi connectivity index (χ0n) is 13.2. The molecule has 128 valence electrons. The predicted octanol–water partition coefficient (Wildman–Crippen LogP) is 0.869. The molecular formula is C14H19NO7S. The standard InChI is InChI=1S/C14H19NO7S/c1-8(2)12(13(16)17)15-23(19,20)11-6-5-9(14(18)22-4)7-10(11)21-3/h5-8,12,15H,1-4H3,(H,16,17). The van der Waals surface area contributed by atoms with Gasteiger partial charge in [0.2, 0.25) is 10.0 Å². The second-order valence-electron chi connectivity index (χ2n) is 5.04. The molecule has 0 heterocycles. The number of hydrogen-bond acceptors (Lipinski definition) is 6. The van der Waals surface area contributed by atoms with E-state index >= 15 is 0 Å². The summed E-state index contributed by atoms with van der Waals surface area (Å²) in [7, 11) is -1.71. The van der Waals surface area contributed by atoms with Gasteiger partial charge in [0.1, 0.15) is 16.7 Å². The zero-order valence-corrected chi connectivity index (χ0v) is 14.0. The van der Waals surface area contributed by atoms with Crippen molar-refractivity contribution in [2.45, 2.75) is 24.8 Å². The Kier molecular flexibility index (Phi) is 6.11. The Bertz CT molecular complexity index is 697. The lowest BCUT2D eigenvalue weighted by Crippen LogP contribution is -2.44. The van der Waals surface area contributed by atoms with Crippen molar-refractivity contribution < 1.29 is 32.6 Å². The van der Waals surface area contributed by atoms with Crippen LogP contribution in [0, 0.1) is 5.92 Å². The maximum atomic E-state index is 12.4. The van der Waals surface area contributed by atoms with Crippen LogP contribution in [0.4, 0.5) is 0 Å². The molecule has 1 rings (SSSR count). The summed E-state index contributed by atoms with van der Waals surface area (Å²) in [6.07, 6.45) is 0. The summed E-state index contributed by atoms with van der Waals surface area (Å²) >= 11 is 0. The molecule has 8 nitrogen and oxygen atoms in total. The molecule has 0 bridgehead atoms. The van der Waals surface area contributed by atoms with E-state index in [-0.39, 0.29) is 16.2 Å². The Hall–Kier alpha value is -2.13. The molecule has 0 amide bonds. The highest BCUT2D eigenvalue weighted by molar-refractivity contribution is 7.89. The van der Waals surface area contributed by atoms with Crippen molar-refractivity contribution in [2.75, 3.05) is 14.2 Å². The van der Waals surface area contributed by atoms with Crippen LogP contribution in [0.1, 0.15) is 24.2 Å². The molecule has 0 saturated carbocycles. The normalized spacial score (nSPS) is 12.7. The number of carbonyl (C=O) groups is 2. The third kappa shape index (κ3) is 4.42. The second-order valence-corrected chi connectivity index (χ2v) is 6.72. The van der Waals surface area contributed by atoms with E-state index in [0.717, 1.165) is 6.07 Å². The fourth-order valence-corrected chi connectivity index (χ4v) is 3.33. The van der Waals surface area contributed by atoms with Gasteiger partial charge >= 0.3 is 11.9 Å². The number of rotatable bonds is 7. The van der Waals surface area contributed by atoms with E-state index in [2.05, 4.69) is 9.46 Å². The van der Waals surface area contributed by atoms with Crippen LogP contribution in [0.25, 0.3) is 0 Å². The van der Waals surface area contributed by atoms with Gasteiger partial charge in [-0.05, 0) is 24.1 Å². The molecule has 1 aromatic rings. The Labute approximate surface area is 134 Å². The SMILES string of the molecule is COC(=O)c1ccc(S(=O)(=O)NC(C(=O)O)C(C)C)c(OC)c1. The molecule has 1 aromatic carbocycles. The molecule has 0 spiro atoms. The first kappa shape index (κ1) is 18.9. The average Bonchev–Trinajstić information content (AvgIpc) is 2.50. The molecule has 2 N–H and O–H groups in total. The fourth-order valence-electron chi connectivity index (χ4n) is 1.84. The van der Waals surface area contributed by atoms with Gasteiger partial charge < -0.3 is 14.6 Å². The van der Waals surface area contributed by atoms with Crippen molar-refractivity contribution in [3.63, 3.8) is 0 Å². The number of carboxylic acid groups (broad SMARTS) is 1. The van der Waals surface area contributed by atoms with Gasteiger partial charge in [0.15, 0.2) is 0 Å². The summed E-state index contributed by atoms with van der Waals surface area (Å²) in [6, 6.07) is 2.34. The van der Waals surface area contributed by atoms with Crippen molar-refractivity contribution in [2.24, 2.45) is 5.92 Å². The number of ether oxygens (including phenoxy) is 2. The lowest BCUT2D eigenvalue weighted by atomic mass is 10.1. The summed E-state index contributed by atoms with van der Waals surface area (Å²) < 4.78 is 36.5. The number of benzene rings is 1. The Balaban J connectivity index is 3.27. The number of nitrogens with one attached hydrogen (secondary N) is 1. The smallest absolute Gasteiger partial charge is 0.337 e. The molecular weight excluding hydrogens is 326 g/mol. The lowest BCUT2D eigenvalue weighted by Gasteiger charge is -2.19. The van der Waals surface area contributed by atoms with Crippen molar-refractivity contribution in [1.29, 1.82) is 0 Å². The van der Waals surface area contributed by atoms with Crippen LogP contribution in [-0.4, -0.2) is 45.7 Å². The van der Waals surface area contributed by atoms with Gasteiger partial charge in [-0.25, -0.2) is 13.2 Å². The van der Waals surface area contributed by atoms with Crippen molar-refractivity contribution in [3.8, 4) is 5.75 Å². The first-order valence-corrected chi connectivity index (χ1v) is 8.13. The van der Waals surface area contributed by atoms with E-state index in [9.17, 15) is 18.0 Å². The van der Waals surface area contributed by atoms with Gasteiger partial charge in [-0.1, -0.05) is 13.8 Å². The molecule has 1 atom stereocenters. The average molecular weight is 345 g/mol. The maximum absolute atomic E-state index is 12.4. The minimum Gasteiger partial charge on any atom is -0.495 e. The van der Waals surface area contributed by atoms with Gasteiger partial charge in [0, 0.05) is 0 Å². The lowest BCUT2D eigenvalue weighted by molar-refractivity contribution is -0.140. The number of esters is 1. The first-order chi connectivity index (χ1) is 10.6. The van der Waals surface area contributed by atoms with E-state index in [1.54, 1.807) is 13.8 Å². The summed E-state index contributed by atoms with van der Waals surface area (Å²) in [5, 5.41) is 9.11. The Morgan fingerprint density at radius 3 is 2.26 bits per heavy atom. The molecule has 0 saturated heterocycles. The highest BCUT2D eigenvalue weighted by atomic mass is 32.2. The molecule has 9 heteroatoms. The van der Waals surface area contributed by atoms with Crippen LogP contribution in [0.5, 0.6) is 5.75 Å². The predicted molar refractivity (Wildman–Crippen MR) is 80.9 cm³/mol. The minimum atomic E-state index is -4.15.